The summed E-state index contributed by atoms with van der Waals surface area (Å²) in [5.41, 5.74) is 0.932. The van der Waals surface area contributed by atoms with E-state index in [4.69, 9.17) is 9.47 Å². The van der Waals surface area contributed by atoms with Gasteiger partial charge in [0.2, 0.25) is 6.29 Å². The number of fused-ring (bicyclic) bond motifs is 1. The molecule has 1 aliphatic heterocycles. The second-order valence-electron chi connectivity index (χ2n) is 4.59. The zero-order chi connectivity index (χ0) is 13.9. The smallest absolute Gasteiger partial charge is 0.211 e. The van der Waals surface area contributed by atoms with Gasteiger partial charge in [0, 0.05) is 17.6 Å². The van der Waals surface area contributed by atoms with E-state index >= 15 is 0 Å². The Kier molecular flexibility index (Phi) is 3.85. The second kappa shape index (κ2) is 5.77. The quantitative estimate of drug-likeness (QED) is 0.869. The molecule has 0 saturated carbocycles. The Labute approximate surface area is 120 Å². The van der Waals surface area contributed by atoms with Crippen molar-refractivity contribution in [2.75, 3.05) is 12.4 Å². The highest BCUT2D eigenvalue weighted by Gasteiger charge is 2.22. The molecule has 0 amide bonds. The molecule has 1 heterocycles. The summed E-state index contributed by atoms with van der Waals surface area (Å²) in [5.74, 6) is 1.03. The molecule has 1 aliphatic rings. The van der Waals surface area contributed by atoms with Crippen molar-refractivity contribution in [1.29, 1.82) is 0 Å². The lowest BCUT2D eigenvalue weighted by atomic mass is 10.1. The third-order valence-corrected chi connectivity index (χ3v) is 4.26. The van der Waals surface area contributed by atoms with Gasteiger partial charge in [0.25, 0.3) is 0 Å². The fourth-order valence-corrected chi connectivity index (χ4v) is 3.21. The van der Waals surface area contributed by atoms with Crippen LogP contribution in [0.5, 0.6) is 0 Å². The molecule has 0 bridgehead atoms. The summed E-state index contributed by atoms with van der Waals surface area (Å²) in [5, 5.41) is 3.98. The first-order chi connectivity index (χ1) is 9.76. The predicted octanol–water partition coefficient (Wildman–Crippen LogP) is 3.28. The van der Waals surface area contributed by atoms with E-state index in [2.05, 4.69) is 12.1 Å². The van der Waals surface area contributed by atoms with Gasteiger partial charge in [-0.05, 0) is 23.8 Å². The van der Waals surface area contributed by atoms with Crippen LogP contribution >= 0.6 is 0 Å². The largest absolute Gasteiger partial charge is 0.463 e. The van der Waals surface area contributed by atoms with Crippen LogP contribution in [-0.4, -0.2) is 22.9 Å². The monoisotopic (exact) mass is 288 g/mol. The maximum atomic E-state index is 11.9. The van der Waals surface area contributed by atoms with Crippen molar-refractivity contribution in [2.45, 2.75) is 13.2 Å². The summed E-state index contributed by atoms with van der Waals surface area (Å²) in [4.78, 5) is 0. The number of hydrogen-bond donors (Lipinski definition) is 0. The Balaban J connectivity index is 1.95. The van der Waals surface area contributed by atoms with E-state index in [9.17, 15) is 4.21 Å². The van der Waals surface area contributed by atoms with Crippen LogP contribution in [0.1, 0.15) is 12.5 Å². The van der Waals surface area contributed by atoms with Gasteiger partial charge in [0.1, 0.15) is 5.76 Å². The van der Waals surface area contributed by atoms with E-state index < -0.39 is 17.1 Å². The van der Waals surface area contributed by atoms with E-state index in [1.807, 2.05) is 37.3 Å². The topological polar surface area (TPSA) is 35.5 Å². The molecule has 0 spiro atoms. The van der Waals surface area contributed by atoms with Crippen molar-refractivity contribution >= 4 is 27.3 Å². The van der Waals surface area contributed by atoms with Crippen LogP contribution < -0.4 is 0 Å². The first kappa shape index (κ1) is 13.3. The van der Waals surface area contributed by atoms with Gasteiger partial charge in [-0.25, -0.2) is 0 Å². The lowest BCUT2D eigenvalue weighted by Crippen LogP contribution is -2.26. The van der Waals surface area contributed by atoms with Crippen LogP contribution in [0.3, 0.4) is 0 Å². The van der Waals surface area contributed by atoms with Crippen molar-refractivity contribution in [3.8, 4) is 0 Å². The minimum absolute atomic E-state index is 0.394. The summed E-state index contributed by atoms with van der Waals surface area (Å²) < 4.78 is 23.1. The van der Waals surface area contributed by atoms with Crippen molar-refractivity contribution in [2.24, 2.45) is 0 Å². The fraction of sp³-hybridized carbons (Fsp3) is 0.250. The van der Waals surface area contributed by atoms with Gasteiger partial charge in [0.05, 0.1) is 16.6 Å². The predicted molar refractivity (Wildman–Crippen MR) is 81.4 cm³/mol. The molecule has 20 heavy (non-hydrogen) atoms. The third kappa shape index (κ3) is 2.76. The van der Waals surface area contributed by atoms with E-state index in [-0.39, 0.29) is 0 Å². The molecule has 0 fully saturated rings. The zero-order valence-electron chi connectivity index (χ0n) is 11.2. The first-order valence-electron chi connectivity index (χ1n) is 6.62. The van der Waals surface area contributed by atoms with Gasteiger partial charge in [-0.3, -0.25) is 4.21 Å². The van der Waals surface area contributed by atoms with Crippen LogP contribution in [0.2, 0.25) is 0 Å². The summed E-state index contributed by atoms with van der Waals surface area (Å²) >= 11 is 0. The Morgan fingerprint density at radius 1 is 1.25 bits per heavy atom. The summed E-state index contributed by atoms with van der Waals surface area (Å²) in [7, 11) is -1.05. The second-order valence-corrected chi connectivity index (χ2v) is 5.92. The van der Waals surface area contributed by atoms with Crippen molar-refractivity contribution in [3.05, 3.63) is 53.4 Å². The standard InChI is InChI=1S/C16H16O3S/c1-2-18-16-11-20(17)10-15(19-16)14-8-7-12-5-3-4-6-13(12)9-14/h3-10,16H,2,11H2,1H3/t16-,20+/m1/s1. The molecule has 104 valence electrons. The molecular formula is C16H16O3S. The lowest BCUT2D eigenvalue weighted by Gasteiger charge is -2.24. The Morgan fingerprint density at radius 2 is 2.05 bits per heavy atom. The average Bonchev–Trinajstić information content (AvgIpc) is 2.46. The fourth-order valence-electron chi connectivity index (χ4n) is 2.25. The average molecular weight is 288 g/mol. The Bertz CT molecular complexity index is 678. The molecular weight excluding hydrogens is 272 g/mol. The lowest BCUT2D eigenvalue weighted by molar-refractivity contribution is -0.0765. The van der Waals surface area contributed by atoms with Gasteiger partial charge in [-0.15, -0.1) is 0 Å². The number of benzene rings is 2. The molecule has 0 aromatic heterocycles. The molecule has 0 N–H and O–H groups in total. The summed E-state index contributed by atoms with van der Waals surface area (Å²) in [6, 6.07) is 14.2. The molecule has 0 unspecified atom stereocenters. The van der Waals surface area contributed by atoms with Crippen LogP contribution in [0.4, 0.5) is 0 Å². The van der Waals surface area contributed by atoms with Crippen LogP contribution in [0.15, 0.2) is 47.9 Å². The number of ether oxygens (including phenoxy) is 2. The van der Waals surface area contributed by atoms with E-state index in [1.54, 1.807) is 5.41 Å². The first-order valence-corrected chi connectivity index (χ1v) is 8.01. The zero-order valence-corrected chi connectivity index (χ0v) is 12.1. The highest BCUT2D eigenvalue weighted by atomic mass is 32.2. The molecule has 0 saturated heterocycles. The van der Waals surface area contributed by atoms with E-state index in [0.717, 1.165) is 10.9 Å². The highest BCUT2D eigenvalue weighted by molar-refractivity contribution is 7.88. The van der Waals surface area contributed by atoms with E-state index in [0.29, 0.717) is 18.1 Å². The van der Waals surface area contributed by atoms with Gasteiger partial charge in [0.15, 0.2) is 0 Å². The molecule has 4 heteroatoms. The van der Waals surface area contributed by atoms with Gasteiger partial charge < -0.3 is 9.47 Å². The summed E-state index contributed by atoms with van der Waals surface area (Å²) in [6.07, 6.45) is -0.424. The molecule has 3 nitrogen and oxygen atoms in total. The Morgan fingerprint density at radius 3 is 2.85 bits per heavy atom. The SMILES string of the molecule is CCO[C@H]1C[S@@](=O)C=C(c2ccc3ccccc3c2)O1. The number of hydrogen-bond acceptors (Lipinski definition) is 3. The number of rotatable bonds is 3. The minimum Gasteiger partial charge on any atom is -0.463 e. The van der Waals surface area contributed by atoms with Gasteiger partial charge in [-0.2, -0.15) is 0 Å². The van der Waals surface area contributed by atoms with Crippen LogP contribution in [-0.2, 0) is 20.3 Å². The van der Waals surface area contributed by atoms with Gasteiger partial charge >= 0.3 is 0 Å². The normalized spacial score (nSPS) is 22.4. The van der Waals surface area contributed by atoms with Crippen LogP contribution in [0, 0.1) is 0 Å². The van der Waals surface area contributed by atoms with Crippen molar-refractivity contribution in [3.63, 3.8) is 0 Å². The van der Waals surface area contributed by atoms with Crippen molar-refractivity contribution < 1.29 is 13.7 Å². The van der Waals surface area contributed by atoms with Crippen LogP contribution in [0.25, 0.3) is 16.5 Å². The Hall–Kier alpha value is -1.65. The maximum absolute atomic E-state index is 11.9. The third-order valence-electron chi connectivity index (χ3n) is 3.18. The maximum Gasteiger partial charge on any atom is 0.211 e. The molecule has 2 atom stereocenters. The highest BCUT2D eigenvalue weighted by Crippen LogP contribution is 2.26. The van der Waals surface area contributed by atoms with Gasteiger partial charge in [-0.1, -0.05) is 36.4 Å². The molecule has 2 aromatic carbocycles. The van der Waals surface area contributed by atoms with Crippen molar-refractivity contribution in [1.82, 2.24) is 0 Å². The molecule has 2 aromatic rings. The van der Waals surface area contributed by atoms with E-state index in [1.165, 1.54) is 5.39 Å². The minimum atomic E-state index is -1.05. The molecule has 0 aliphatic carbocycles. The molecule has 0 radical (unpaired) electrons. The molecule has 3 rings (SSSR count). The summed E-state index contributed by atoms with van der Waals surface area (Å²) in [6.45, 7) is 2.45.